The minimum Gasteiger partial charge on any atom is -0.504 e. The van der Waals surface area contributed by atoms with Crippen LogP contribution in [0.3, 0.4) is 0 Å². The van der Waals surface area contributed by atoms with Crippen LogP contribution in [0.15, 0.2) is 66.9 Å². The van der Waals surface area contributed by atoms with Crippen molar-refractivity contribution in [3.05, 3.63) is 83.6 Å². The first-order valence-corrected chi connectivity index (χ1v) is 10.1. The van der Waals surface area contributed by atoms with Gasteiger partial charge in [-0.3, -0.25) is 14.4 Å². The molecule has 166 valence electrons. The summed E-state index contributed by atoms with van der Waals surface area (Å²) in [5.74, 6) is -0.375. The molecule has 0 unspecified atom stereocenters. The highest BCUT2D eigenvalue weighted by molar-refractivity contribution is 6.32. The first-order valence-electron chi connectivity index (χ1n) is 10.1. The molecular weight excluding hydrogens is 422 g/mol. The second-order valence-electron chi connectivity index (χ2n) is 7.39. The molecule has 33 heavy (non-hydrogen) atoms. The summed E-state index contributed by atoms with van der Waals surface area (Å²) in [6.07, 6.45) is 1.55. The van der Waals surface area contributed by atoms with Crippen molar-refractivity contribution < 1.29 is 24.2 Å². The number of ketones is 1. The van der Waals surface area contributed by atoms with E-state index in [0.29, 0.717) is 45.1 Å². The number of amides is 2. The Hall–Kier alpha value is -4.59. The van der Waals surface area contributed by atoms with Crippen LogP contribution < -0.4 is 20.7 Å². The van der Waals surface area contributed by atoms with E-state index in [0.717, 1.165) is 0 Å². The first kappa shape index (κ1) is 21.6. The number of benzene rings is 3. The molecule has 0 bridgehead atoms. The van der Waals surface area contributed by atoms with E-state index in [4.69, 9.17) is 4.74 Å². The highest BCUT2D eigenvalue weighted by Crippen LogP contribution is 2.34. The van der Waals surface area contributed by atoms with E-state index in [-0.39, 0.29) is 23.3 Å². The molecule has 0 fully saturated rings. The third-order valence-electron chi connectivity index (χ3n) is 5.09. The Morgan fingerprint density at radius 1 is 0.970 bits per heavy atom. The number of phenols is 1. The summed E-state index contributed by atoms with van der Waals surface area (Å²) in [6.45, 7) is 1.41. The standard InChI is InChI=1S/C25H21N3O5/c1-14(29)27-17-6-3-15(4-7-17)24(31)16-5-9-19-20(25(32)28-21(19)11-16)13-26-18-8-10-23(33-2)22(30)12-18/h3-13,26,30H,1-2H3,(H,27,29)(H,28,32). The van der Waals surface area contributed by atoms with Crippen molar-refractivity contribution in [2.24, 2.45) is 0 Å². The largest absolute Gasteiger partial charge is 0.504 e. The molecule has 0 saturated carbocycles. The lowest BCUT2D eigenvalue weighted by molar-refractivity contribution is -0.114. The minimum absolute atomic E-state index is 0.0227. The summed E-state index contributed by atoms with van der Waals surface area (Å²) in [6, 6.07) is 16.4. The SMILES string of the molecule is COc1ccc(NC=C2C(=O)Nc3cc(C(=O)c4ccc(NC(C)=O)cc4)ccc32)cc1O. The van der Waals surface area contributed by atoms with Crippen molar-refractivity contribution in [3.8, 4) is 11.5 Å². The molecule has 0 atom stereocenters. The van der Waals surface area contributed by atoms with Crippen LogP contribution in [-0.2, 0) is 9.59 Å². The number of hydrogen-bond donors (Lipinski definition) is 4. The molecule has 0 aliphatic carbocycles. The van der Waals surface area contributed by atoms with Crippen molar-refractivity contribution in [1.29, 1.82) is 0 Å². The molecule has 0 spiro atoms. The van der Waals surface area contributed by atoms with Gasteiger partial charge in [0, 0.05) is 52.9 Å². The first-order chi connectivity index (χ1) is 15.9. The number of carbonyl (C=O) groups is 3. The third-order valence-corrected chi connectivity index (χ3v) is 5.09. The molecular formula is C25H21N3O5. The van der Waals surface area contributed by atoms with Crippen molar-refractivity contribution in [1.82, 2.24) is 0 Å². The number of methoxy groups -OCH3 is 1. The Morgan fingerprint density at radius 3 is 2.33 bits per heavy atom. The average Bonchev–Trinajstić information content (AvgIpc) is 3.11. The highest BCUT2D eigenvalue weighted by Gasteiger charge is 2.25. The van der Waals surface area contributed by atoms with Gasteiger partial charge in [-0.15, -0.1) is 0 Å². The lowest BCUT2D eigenvalue weighted by Crippen LogP contribution is -2.07. The van der Waals surface area contributed by atoms with Crippen LogP contribution in [-0.4, -0.2) is 29.8 Å². The zero-order valence-electron chi connectivity index (χ0n) is 17.9. The smallest absolute Gasteiger partial charge is 0.257 e. The molecule has 1 aliphatic heterocycles. The Labute approximate surface area is 189 Å². The van der Waals surface area contributed by atoms with Crippen LogP contribution in [0.4, 0.5) is 17.1 Å². The lowest BCUT2D eigenvalue weighted by Gasteiger charge is -2.07. The van der Waals surface area contributed by atoms with Crippen molar-refractivity contribution in [2.75, 3.05) is 23.1 Å². The van der Waals surface area contributed by atoms with Crippen LogP contribution in [0.5, 0.6) is 11.5 Å². The number of hydrogen-bond acceptors (Lipinski definition) is 6. The predicted octanol–water partition coefficient (Wildman–Crippen LogP) is 4.00. The zero-order chi connectivity index (χ0) is 23.5. The number of aromatic hydroxyl groups is 1. The Balaban J connectivity index is 1.54. The van der Waals surface area contributed by atoms with Gasteiger partial charge in [-0.2, -0.15) is 0 Å². The zero-order valence-corrected chi connectivity index (χ0v) is 17.9. The number of nitrogens with one attached hydrogen (secondary N) is 3. The van der Waals surface area contributed by atoms with E-state index < -0.39 is 0 Å². The van der Waals surface area contributed by atoms with E-state index in [1.165, 1.54) is 20.1 Å². The summed E-state index contributed by atoms with van der Waals surface area (Å²) in [5, 5.41) is 18.3. The summed E-state index contributed by atoms with van der Waals surface area (Å²) >= 11 is 0. The average molecular weight is 443 g/mol. The van der Waals surface area contributed by atoms with E-state index in [9.17, 15) is 19.5 Å². The highest BCUT2D eigenvalue weighted by atomic mass is 16.5. The molecule has 0 radical (unpaired) electrons. The van der Waals surface area contributed by atoms with Crippen molar-refractivity contribution >= 4 is 40.2 Å². The molecule has 0 saturated heterocycles. The summed E-state index contributed by atoms with van der Waals surface area (Å²) < 4.78 is 5.02. The van der Waals surface area contributed by atoms with Crippen molar-refractivity contribution in [2.45, 2.75) is 6.92 Å². The van der Waals surface area contributed by atoms with Crippen LogP contribution in [0.2, 0.25) is 0 Å². The third kappa shape index (κ3) is 4.54. The topological polar surface area (TPSA) is 117 Å². The number of phenolic OH excluding ortho intramolecular Hbond substituents is 1. The van der Waals surface area contributed by atoms with Gasteiger partial charge in [0.05, 0.1) is 12.7 Å². The summed E-state index contributed by atoms with van der Waals surface area (Å²) in [4.78, 5) is 36.5. The number of carbonyl (C=O) groups excluding carboxylic acids is 3. The quantitative estimate of drug-likeness (QED) is 0.338. The molecule has 1 aliphatic rings. The fraction of sp³-hybridized carbons (Fsp3) is 0.0800. The van der Waals surface area contributed by atoms with Gasteiger partial charge in [-0.25, -0.2) is 0 Å². The predicted molar refractivity (Wildman–Crippen MR) is 126 cm³/mol. The molecule has 4 rings (SSSR count). The number of rotatable bonds is 6. The van der Waals surface area contributed by atoms with Gasteiger partial charge in [0.1, 0.15) is 0 Å². The van der Waals surface area contributed by atoms with Crippen LogP contribution in [0, 0.1) is 0 Å². The van der Waals surface area contributed by atoms with Gasteiger partial charge < -0.3 is 25.8 Å². The van der Waals surface area contributed by atoms with Crippen LogP contribution >= 0.6 is 0 Å². The summed E-state index contributed by atoms with van der Waals surface area (Å²) in [7, 11) is 1.46. The van der Waals surface area contributed by atoms with Gasteiger partial charge in [-0.1, -0.05) is 12.1 Å². The minimum atomic E-state index is -0.306. The van der Waals surface area contributed by atoms with Gasteiger partial charge in [0.15, 0.2) is 17.3 Å². The number of anilines is 3. The van der Waals surface area contributed by atoms with Crippen molar-refractivity contribution in [3.63, 3.8) is 0 Å². The molecule has 3 aromatic rings. The fourth-order valence-electron chi connectivity index (χ4n) is 3.49. The van der Waals surface area contributed by atoms with E-state index in [1.807, 2.05) is 0 Å². The van der Waals surface area contributed by atoms with Gasteiger partial charge in [0.25, 0.3) is 5.91 Å². The molecule has 8 heteroatoms. The number of fused-ring (bicyclic) bond motifs is 1. The fourth-order valence-corrected chi connectivity index (χ4v) is 3.49. The van der Waals surface area contributed by atoms with Gasteiger partial charge >= 0.3 is 0 Å². The van der Waals surface area contributed by atoms with E-state index >= 15 is 0 Å². The van der Waals surface area contributed by atoms with Gasteiger partial charge in [-0.05, 0) is 42.5 Å². The molecule has 1 heterocycles. The molecule has 8 nitrogen and oxygen atoms in total. The van der Waals surface area contributed by atoms with Gasteiger partial charge in [0.2, 0.25) is 5.91 Å². The Morgan fingerprint density at radius 2 is 1.67 bits per heavy atom. The molecule has 2 amide bonds. The molecule has 3 aromatic carbocycles. The monoisotopic (exact) mass is 443 g/mol. The normalized spacial score (nSPS) is 13.3. The maximum absolute atomic E-state index is 12.9. The Bertz CT molecular complexity index is 1300. The summed E-state index contributed by atoms with van der Waals surface area (Å²) in [5.41, 5.74) is 3.66. The Kier molecular flexibility index (Phi) is 5.82. The second-order valence-corrected chi connectivity index (χ2v) is 7.39. The van der Waals surface area contributed by atoms with E-state index in [1.54, 1.807) is 60.8 Å². The lowest BCUT2D eigenvalue weighted by atomic mass is 9.99. The van der Waals surface area contributed by atoms with Crippen LogP contribution in [0.1, 0.15) is 28.4 Å². The maximum atomic E-state index is 12.9. The second kappa shape index (κ2) is 8.88. The van der Waals surface area contributed by atoms with Crippen LogP contribution in [0.25, 0.3) is 5.57 Å². The molecule has 4 N–H and O–H groups in total. The molecule has 0 aromatic heterocycles. The maximum Gasteiger partial charge on any atom is 0.257 e. The number of ether oxygens (including phenoxy) is 1. The van der Waals surface area contributed by atoms with E-state index in [2.05, 4.69) is 16.0 Å².